The van der Waals surface area contributed by atoms with E-state index in [9.17, 15) is 0 Å². The summed E-state index contributed by atoms with van der Waals surface area (Å²) in [6, 6.07) is 6.22. The molecule has 0 unspecified atom stereocenters. The smallest absolute Gasteiger partial charge is 0.128 e. The van der Waals surface area contributed by atoms with Crippen LogP contribution in [-0.2, 0) is 0 Å². The Balaban J connectivity index is 3.17. The molecular formula is C8H12N+. The molecule has 0 aromatic heterocycles. The molecule has 1 heteroatoms. The zero-order valence-corrected chi connectivity index (χ0v) is 5.94. The fourth-order valence-electron chi connectivity index (χ4n) is 0.804. The minimum atomic E-state index is 1.10. The summed E-state index contributed by atoms with van der Waals surface area (Å²) in [5.41, 5.74) is 7.58. The molecule has 0 aliphatic carbocycles. The number of hydrogen-bond donors (Lipinski definition) is 1. The first-order chi connectivity index (χ1) is 4.20. The summed E-state index contributed by atoms with van der Waals surface area (Å²) in [7, 11) is 0. The lowest BCUT2D eigenvalue weighted by atomic mass is 10.1. The maximum atomic E-state index is 3.82. The van der Waals surface area contributed by atoms with Crippen LogP contribution in [0.3, 0.4) is 0 Å². The second kappa shape index (κ2) is 2.19. The summed E-state index contributed by atoms with van der Waals surface area (Å²) in [6.45, 7) is 4.21. The van der Waals surface area contributed by atoms with Crippen LogP contribution in [0.25, 0.3) is 0 Å². The number of aryl methyl sites for hydroxylation is 2. The van der Waals surface area contributed by atoms with Crippen LogP contribution in [0.4, 0.5) is 5.69 Å². The number of quaternary nitrogens is 1. The molecule has 48 valence electrons. The van der Waals surface area contributed by atoms with Crippen molar-refractivity contribution in [1.29, 1.82) is 0 Å². The lowest BCUT2D eigenvalue weighted by molar-refractivity contribution is -0.254. The Hall–Kier alpha value is -0.820. The highest BCUT2D eigenvalue weighted by Crippen LogP contribution is 2.08. The molecule has 1 nitrogen and oxygen atoms in total. The standard InChI is InChI=1S/C8H11N/c1-6-3-4-8(9)5-7(6)2/h3-5H,9H2,1-2H3/p+1. The second-order valence-electron chi connectivity index (χ2n) is 2.42. The number of hydrogen-bond acceptors (Lipinski definition) is 0. The van der Waals surface area contributed by atoms with Gasteiger partial charge in [-0.05, 0) is 31.0 Å². The first kappa shape index (κ1) is 6.30. The van der Waals surface area contributed by atoms with Gasteiger partial charge >= 0.3 is 0 Å². The van der Waals surface area contributed by atoms with Crippen LogP contribution < -0.4 is 5.73 Å². The van der Waals surface area contributed by atoms with E-state index >= 15 is 0 Å². The van der Waals surface area contributed by atoms with E-state index in [-0.39, 0.29) is 0 Å². The van der Waals surface area contributed by atoms with Crippen molar-refractivity contribution >= 4 is 5.69 Å². The minimum Gasteiger partial charge on any atom is -0.325 e. The van der Waals surface area contributed by atoms with E-state index in [0.29, 0.717) is 0 Å². The largest absolute Gasteiger partial charge is 0.325 e. The fourth-order valence-corrected chi connectivity index (χ4v) is 0.804. The van der Waals surface area contributed by atoms with Crippen molar-refractivity contribution in [3.05, 3.63) is 29.3 Å². The van der Waals surface area contributed by atoms with E-state index in [1.807, 2.05) is 6.07 Å². The molecule has 0 atom stereocenters. The average molecular weight is 122 g/mol. The Morgan fingerprint density at radius 3 is 2.22 bits per heavy atom. The van der Waals surface area contributed by atoms with Gasteiger partial charge in [0, 0.05) is 6.07 Å². The van der Waals surface area contributed by atoms with Gasteiger partial charge in [0.05, 0.1) is 0 Å². The third kappa shape index (κ3) is 1.30. The summed E-state index contributed by atoms with van der Waals surface area (Å²) in [5.74, 6) is 0. The zero-order chi connectivity index (χ0) is 6.85. The van der Waals surface area contributed by atoms with E-state index in [0.717, 1.165) is 5.69 Å². The van der Waals surface area contributed by atoms with Crippen LogP contribution in [0, 0.1) is 13.8 Å². The van der Waals surface area contributed by atoms with Crippen molar-refractivity contribution in [3.63, 3.8) is 0 Å². The van der Waals surface area contributed by atoms with Gasteiger partial charge in [0.25, 0.3) is 0 Å². The number of rotatable bonds is 0. The molecule has 9 heavy (non-hydrogen) atoms. The number of benzene rings is 1. The van der Waals surface area contributed by atoms with Gasteiger partial charge in [0.1, 0.15) is 5.69 Å². The van der Waals surface area contributed by atoms with Gasteiger partial charge < -0.3 is 5.73 Å². The van der Waals surface area contributed by atoms with Gasteiger partial charge in [-0.25, -0.2) is 0 Å². The molecule has 0 fully saturated rings. The maximum absolute atomic E-state index is 3.82. The fraction of sp³-hybridized carbons (Fsp3) is 0.250. The van der Waals surface area contributed by atoms with E-state index in [1.165, 1.54) is 11.1 Å². The molecule has 0 saturated heterocycles. The molecule has 1 aromatic rings. The SMILES string of the molecule is Cc1ccc([NH3+])cc1C. The predicted octanol–water partition coefficient (Wildman–Crippen LogP) is 1.18. The van der Waals surface area contributed by atoms with Crippen molar-refractivity contribution in [2.24, 2.45) is 0 Å². The monoisotopic (exact) mass is 122 g/mol. The van der Waals surface area contributed by atoms with Crippen molar-refractivity contribution in [2.45, 2.75) is 13.8 Å². The molecule has 3 N–H and O–H groups in total. The van der Waals surface area contributed by atoms with E-state index in [2.05, 4.69) is 31.7 Å². The van der Waals surface area contributed by atoms with Gasteiger partial charge in [0.15, 0.2) is 0 Å². The van der Waals surface area contributed by atoms with Gasteiger partial charge in [-0.2, -0.15) is 0 Å². The predicted molar refractivity (Wildman–Crippen MR) is 38.5 cm³/mol. The molecule has 0 aliphatic rings. The van der Waals surface area contributed by atoms with Gasteiger partial charge in [-0.1, -0.05) is 6.07 Å². The van der Waals surface area contributed by atoms with E-state index in [1.54, 1.807) is 0 Å². The van der Waals surface area contributed by atoms with Gasteiger partial charge in [-0.15, -0.1) is 0 Å². The summed E-state index contributed by atoms with van der Waals surface area (Å²) in [5, 5.41) is 0. The molecule has 1 aromatic carbocycles. The topological polar surface area (TPSA) is 27.6 Å². The maximum Gasteiger partial charge on any atom is 0.128 e. The highest BCUT2D eigenvalue weighted by atomic mass is 14.5. The van der Waals surface area contributed by atoms with Crippen LogP contribution >= 0.6 is 0 Å². The third-order valence-corrected chi connectivity index (χ3v) is 1.57. The average Bonchev–Trinajstić information content (AvgIpc) is 1.80. The summed E-state index contributed by atoms with van der Waals surface area (Å²) >= 11 is 0. The van der Waals surface area contributed by atoms with Crippen LogP contribution in [-0.4, -0.2) is 0 Å². The minimum absolute atomic E-state index is 1.10. The lowest BCUT2D eigenvalue weighted by Gasteiger charge is -1.95. The second-order valence-corrected chi connectivity index (χ2v) is 2.42. The van der Waals surface area contributed by atoms with Crippen LogP contribution in [0.2, 0.25) is 0 Å². The molecule has 0 amide bonds. The Morgan fingerprint density at radius 1 is 1.11 bits per heavy atom. The first-order valence-electron chi connectivity index (χ1n) is 3.09. The third-order valence-electron chi connectivity index (χ3n) is 1.57. The highest BCUT2D eigenvalue weighted by Gasteiger charge is 1.92. The Morgan fingerprint density at radius 2 is 1.78 bits per heavy atom. The van der Waals surface area contributed by atoms with Crippen LogP contribution in [0.15, 0.2) is 18.2 Å². The molecular weight excluding hydrogens is 110 g/mol. The normalized spacial score (nSPS) is 9.67. The summed E-state index contributed by atoms with van der Waals surface area (Å²) in [4.78, 5) is 0. The van der Waals surface area contributed by atoms with E-state index < -0.39 is 0 Å². The summed E-state index contributed by atoms with van der Waals surface area (Å²) < 4.78 is 0. The molecule has 0 saturated carbocycles. The van der Waals surface area contributed by atoms with Gasteiger partial charge in [0.2, 0.25) is 0 Å². The molecule has 0 spiro atoms. The summed E-state index contributed by atoms with van der Waals surface area (Å²) in [6.07, 6.45) is 0. The van der Waals surface area contributed by atoms with E-state index in [4.69, 9.17) is 0 Å². The van der Waals surface area contributed by atoms with Crippen LogP contribution in [0.1, 0.15) is 11.1 Å². The molecule has 0 aliphatic heterocycles. The first-order valence-corrected chi connectivity index (χ1v) is 3.09. The van der Waals surface area contributed by atoms with Crippen LogP contribution in [0.5, 0.6) is 0 Å². The molecule has 0 radical (unpaired) electrons. The quantitative estimate of drug-likeness (QED) is 0.535. The van der Waals surface area contributed by atoms with Crippen molar-refractivity contribution in [3.8, 4) is 0 Å². The Kier molecular flexibility index (Phi) is 1.54. The van der Waals surface area contributed by atoms with Crippen molar-refractivity contribution in [1.82, 2.24) is 0 Å². The Bertz CT molecular complexity index is 216. The lowest BCUT2D eigenvalue weighted by Crippen LogP contribution is -2.40. The molecule has 0 heterocycles. The zero-order valence-electron chi connectivity index (χ0n) is 5.94. The van der Waals surface area contributed by atoms with Crippen molar-refractivity contribution in [2.75, 3.05) is 0 Å². The Labute approximate surface area is 55.5 Å². The van der Waals surface area contributed by atoms with Crippen molar-refractivity contribution < 1.29 is 5.73 Å². The highest BCUT2D eigenvalue weighted by molar-refractivity contribution is 5.36. The molecule has 1 rings (SSSR count). The van der Waals surface area contributed by atoms with Gasteiger partial charge in [-0.3, -0.25) is 0 Å². The molecule has 0 bridgehead atoms.